The molecule has 2 atom stereocenters. The second kappa shape index (κ2) is 11.4. The molecule has 2 unspecified atom stereocenters. The lowest BCUT2D eigenvalue weighted by Gasteiger charge is -2.35. The highest BCUT2D eigenvalue weighted by Gasteiger charge is 2.32. The Morgan fingerprint density at radius 3 is 2.68 bits per heavy atom. The predicted molar refractivity (Wildman–Crippen MR) is 133 cm³/mol. The zero-order valence-corrected chi connectivity index (χ0v) is 19.5. The van der Waals surface area contributed by atoms with Gasteiger partial charge >= 0.3 is 0 Å². The Morgan fingerprint density at radius 1 is 1.06 bits per heavy atom. The fourth-order valence-electron chi connectivity index (χ4n) is 4.45. The number of hydrogen-bond acceptors (Lipinski definition) is 4. The average molecular weight is 455 g/mol. The summed E-state index contributed by atoms with van der Waals surface area (Å²) < 4.78 is 5.56. The smallest absolute Gasteiger partial charge is 0.227 e. The van der Waals surface area contributed by atoms with Crippen molar-refractivity contribution in [3.63, 3.8) is 0 Å². The van der Waals surface area contributed by atoms with E-state index in [-0.39, 0.29) is 24.2 Å². The summed E-state index contributed by atoms with van der Waals surface area (Å²) in [7, 11) is 0. The Labute approximate surface area is 201 Å². The highest BCUT2D eigenvalue weighted by atomic mass is 16.5. The van der Waals surface area contributed by atoms with Crippen LogP contribution in [0.25, 0.3) is 0 Å². The van der Waals surface area contributed by atoms with Gasteiger partial charge in [0.2, 0.25) is 5.91 Å². The lowest BCUT2D eigenvalue weighted by atomic mass is 9.89. The second-order valence-electron chi connectivity index (χ2n) is 8.47. The number of amides is 1. The number of Topliss-reactive ketones (excluding diaryl/α,β-unsaturated/α-hetero) is 1. The number of pyridine rings is 1. The van der Waals surface area contributed by atoms with Crippen LogP contribution < -0.4 is 4.74 Å². The summed E-state index contributed by atoms with van der Waals surface area (Å²) in [5, 5.41) is 0. The molecule has 0 spiro atoms. The number of ether oxygens (including phenoxy) is 1. The third kappa shape index (κ3) is 5.79. The van der Waals surface area contributed by atoms with Gasteiger partial charge in [-0.25, -0.2) is 0 Å². The van der Waals surface area contributed by atoms with Gasteiger partial charge in [0.1, 0.15) is 5.75 Å². The van der Waals surface area contributed by atoms with Crippen LogP contribution in [0.5, 0.6) is 5.75 Å². The molecule has 0 N–H and O–H groups in total. The molecule has 34 heavy (non-hydrogen) atoms. The van der Waals surface area contributed by atoms with E-state index in [4.69, 9.17) is 4.74 Å². The lowest BCUT2D eigenvalue weighted by Crippen LogP contribution is -2.42. The van der Waals surface area contributed by atoms with E-state index in [0.717, 1.165) is 17.5 Å². The van der Waals surface area contributed by atoms with Crippen LogP contribution >= 0.6 is 0 Å². The topological polar surface area (TPSA) is 59.5 Å². The zero-order valence-electron chi connectivity index (χ0n) is 19.5. The first kappa shape index (κ1) is 23.4. The van der Waals surface area contributed by atoms with Crippen LogP contribution in [-0.4, -0.2) is 34.7 Å². The average Bonchev–Trinajstić information content (AvgIpc) is 2.89. The minimum absolute atomic E-state index is 0.00336. The van der Waals surface area contributed by atoms with Gasteiger partial charge in [0.05, 0.1) is 12.6 Å². The molecule has 174 valence electrons. The number of nitrogens with zero attached hydrogens (tertiary/aromatic N) is 2. The Kier molecular flexibility index (Phi) is 7.87. The van der Waals surface area contributed by atoms with E-state index in [9.17, 15) is 9.59 Å². The molecular formula is C29H30N2O3. The van der Waals surface area contributed by atoms with Crippen molar-refractivity contribution in [2.75, 3.05) is 13.2 Å². The van der Waals surface area contributed by atoms with Crippen molar-refractivity contribution in [2.24, 2.45) is 5.92 Å². The summed E-state index contributed by atoms with van der Waals surface area (Å²) in [6, 6.07) is 20.9. The molecule has 4 rings (SSSR count). The first-order valence-corrected chi connectivity index (χ1v) is 11.8. The monoisotopic (exact) mass is 454 g/mol. The third-order valence-corrected chi connectivity index (χ3v) is 6.13. The van der Waals surface area contributed by atoms with Crippen molar-refractivity contribution in [1.29, 1.82) is 0 Å². The summed E-state index contributed by atoms with van der Waals surface area (Å²) in [6.07, 6.45) is 9.08. The Hall–Kier alpha value is -3.73. The normalized spacial score (nSPS) is 16.1. The van der Waals surface area contributed by atoms with Gasteiger partial charge in [0.25, 0.3) is 0 Å². The van der Waals surface area contributed by atoms with Crippen LogP contribution in [-0.2, 0) is 11.2 Å². The maximum absolute atomic E-state index is 13.9. The Balaban J connectivity index is 1.60. The first-order chi connectivity index (χ1) is 16.7. The van der Waals surface area contributed by atoms with Crippen LogP contribution in [0, 0.1) is 5.92 Å². The molecular weight excluding hydrogens is 424 g/mol. The molecule has 0 saturated heterocycles. The van der Waals surface area contributed by atoms with E-state index in [1.165, 1.54) is 0 Å². The highest BCUT2D eigenvalue weighted by molar-refractivity contribution is 5.99. The number of hydrogen-bond donors (Lipinski definition) is 0. The molecule has 0 bridgehead atoms. The number of carbonyl (C=O) groups is 2. The molecule has 0 fully saturated rings. The summed E-state index contributed by atoms with van der Waals surface area (Å²) in [5.41, 5.74) is 2.62. The molecule has 0 aliphatic carbocycles. The van der Waals surface area contributed by atoms with E-state index in [0.29, 0.717) is 30.9 Å². The Bertz CT molecular complexity index is 1130. The molecule has 1 aliphatic rings. The van der Waals surface area contributed by atoms with Gasteiger partial charge < -0.3 is 9.64 Å². The van der Waals surface area contributed by atoms with E-state index in [1.807, 2.05) is 78.7 Å². The van der Waals surface area contributed by atoms with Crippen molar-refractivity contribution < 1.29 is 14.3 Å². The van der Waals surface area contributed by atoms with E-state index in [2.05, 4.69) is 11.1 Å². The van der Waals surface area contributed by atoms with Crippen LogP contribution in [0.2, 0.25) is 0 Å². The minimum Gasteiger partial charge on any atom is -0.494 e. The fraction of sp³-hybridized carbons (Fsp3) is 0.276. The third-order valence-electron chi connectivity index (χ3n) is 6.13. The molecule has 1 aromatic heterocycles. The van der Waals surface area contributed by atoms with Crippen molar-refractivity contribution in [1.82, 2.24) is 9.88 Å². The van der Waals surface area contributed by atoms with E-state index < -0.39 is 5.92 Å². The van der Waals surface area contributed by atoms with E-state index >= 15 is 0 Å². The van der Waals surface area contributed by atoms with Gasteiger partial charge in [0.15, 0.2) is 5.78 Å². The summed E-state index contributed by atoms with van der Waals surface area (Å²) in [6.45, 7) is 2.97. The van der Waals surface area contributed by atoms with Gasteiger partial charge in [-0.05, 0) is 49.1 Å². The molecule has 5 heteroatoms. The first-order valence-electron chi connectivity index (χ1n) is 11.8. The quantitative estimate of drug-likeness (QED) is 0.319. The summed E-state index contributed by atoms with van der Waals surface area (Å²) in [4.78, 5) is 33.4. The van der Waals surface area contributed by atoms with Gasteiger partial charge in [0, 0.05) is 36.8 Å². The van der Waals surface area contributed by atoms with Crippen molar-refractivity contribution in [2.45, 2.75) is 32.2 Å². The van der Waals surface area contributed by atoms with Gasteiger partial charge in [-0.15, -0.1) is 0 Å². The molecule has 3 aromatic rings. The minimum atomic E-state index is -0.462. The number of ketones is 1. The molecule has 0 saturated carbocycles. The number of rotatable bonds is 9. The molecule has 1 aliphatic heterocycles. The summed E-state index contributed by atoms with van der Waals surface area (Å²) >= 11 is 0. The highest BCUT2D eigenvalue weighted by Crippen LogP contribution is 2.30. The maximum atomic E-state index is 13.9. The number of carbonyl (C=O) groups excluding carboxylic acids is 2. The van der Waals surface area contributed by atoms with Crippen molar-refractivity contribution in [3.05, 3.63) is 108 Å². The Morgan fingerprint density at radius 2 is 1.91 bits per heavy atom. The molecule has 2 heterocycles. The van der Waals surface area contributed by atoms with Gasteiger partial charge in [-0.2, -0.15) is 0 Å². The summed E-state index contributed by atoms with van der Waals surface area (Å²) in [5.74, 6) is 0.145. The molecule has 2 aromatic carbocycles. The van der Waals surface area contributed by atoms with Crippen LogP contribution in [0.3, 0.4) is 0 Å². The van der Waals surface area contributed by atoms with Crippen LogP contribution in [0.15, 0.2) is 91.3 Å². The molecule has 1 amide bonds. The van der Waals surface area contributed by atoms with E-state index in [1.54, 1.807) is 18.3 Å². The molecule has 5 nitrogen and oxygen atoms in total. The van der Waals surface area contributed by atoms with Gasteiger partial charge in [-0.3, -0.25) is 14.6 Å². The second-order valence-corrected chi connectivity index (χ2v) is 8.47. The SMILES string of the molecule is CCOc1cccc(C(=O)CC(Cc2ccccc2)C(=O)N2CC=CCC2c2cccnc2)c1. The molecule has 0 radical (unpaired) electrons. The van der Waals surface area contributed by atoms with Crippen LogP contribution in [0.1, 0.15) is 47.3 Å². The lowest BCUT2D eigenvalue weighted by molar-refractivity contribution is -0.137. The fourth-order valence-corrected chi connectivity index (χ4v) is 4.45. The van der Waals surface area contributed by atoms with Crippen molar-refractivity contribution >= 4 is 11.7 Å². The van der Waals surface area contributed by atoms with Crippen molar-refractivity contribution in [3.8, 4) is 5.75 Å². The van der Waals surface area contributed by atoms with Crippen LogP contribution in [0.4, 0.5) is 0 Å². The number of aromatic nitrogens is 1. The standard InChI is InChI=1S/C29H30N2O3/c1-2-34-26-14-8-12-23(19-26)28(32)20-25(18-22-10-4-3-5-11-22)29(33)31-17-7-6-15-27(31)24-13-9-16-30-21-24/h3-14,16,19,21,25,27H,2,15,17-18,20H2,1H3. The maximum Gasteiger partial charge on any atom is 0.227 e. The zero-order chi connectivity index (χ0) is 23.8. The predicted octanol–water partition coefficient (Wildman–Crippen LogP) is 5.44. The largest absolute Gasteiger partial charge is 0.494 e. The van der Waals surface area contributed by atoms with Gasteiger partial charge in [-0.1, -0.05) is 60.7 Å². The number of benzene rings is 2.